The van der Waals surface area contributed by atoms with Crippen molar-refractivity contribution in [2.45, 2.75) is 113 Å². The zero-order valence-electron chi connectivity index (χ0n) is 33.2. The Morgan fingerprint density at radius 1 is 1.03 bits per heavy atom. The van der Waals surface area contributed by atoms with Crippen LogP contribution in [0.3, 0.4) is 0 Å². The molecule has 0 spiro atoms. The van der Waals surface area contributed by atoms with Gasteiger partial charge in [0.15, 0.2) is 11.3 Å². The third kappa shape index (κ3) is 8.63. The van der Waals surface area contributed by atoms with Crippen molar-refractivity contribution in [3.8, 4) is 17.0 Å². The Morgan fingerprint density at radius 3 is 2.54 bits per heavy atom. The molecule has 4 aromatic rings. The number of aromatic nitrogens is 1. The van der Waals surface area contributed by atoms with Gasteiger partial charge in [-0.25, -0.2) is 22.6 Å². The second kappa shape index (κ2) is 15.6. The molecule has 2 aromatic carbocycles. The number of sulfonamides is 1. The number of carbonyl (C=O) groups is 4. The molecule has 4 amide bonds. The number of furan rings is 1. The van der Waals surface area contributed by atoms with Crippen LogP contribution in [0.1, 0.15) is 78.6 Å². The smallest absolute Gasteiger partial charge is 0.408 e. The number of nitrogens with one attached hydrogen (secondary N) is 3. The number of hydrogen-bond donors (Lipinski definition) is 3. The molecule has 0 unspecified atom stereocenters. The van der Waals surface area contributed by atoms with Gasteiger partial charge in [-0.05, 0) is 95.7 Å². The van der Waals surface area contributed by atoms with Gasteiger partial charge in [0.05, 0.1) is 17.5 Å². The largest absolute Gasteiger partial charge is 0.484 e. The topological polar surface area (TPSA) is 186 Å². The molecule has 0 radical (unpaired) electrons. The minimum absolute atomic E-state index is 0.0226. The van der Waals surface area contributed by atoms with Crippen LogP contribution >= 0.6 is 0 Å². The Hall–Kier alpha value is -5.51. The van der Waals surface area contributed by atoms with Crippen LogP contribution in [-0.2, 0) is 29.1 Å². The number of hydrogen-bond acceptors (Lipinski definition) is 10. The molecule has 59 heavy (non-hydrogen) atoms. The lowest BCUT2D eigenvalue weighted by molar-refractivity contribution is -0.141. The highest BCUT2D eigenvalue weighted by atomic mass is 32.2. The number of halogens is 1. The van der Waals surface area contributed by atoms with Gasteiger partial charge in [0.25, 0.3) is 5.91 Å². The van der Waals surface area contributed by atoms with E-state index in [1.165, 1.54) is 17.0 Å². The van der Waals surface area contributed by atoms with Gasteiger partial charge in [0.1, 0.15) is 46.2 Å². The van der Waals surface area contributed by atoms with E-state index in [0.29, 0.717) is 53.6 Å². The Labute approximate surface area is 341 Å². The second-order valence-corrected chi connectivity index (χ2v) is 18.9. The molecule has 312 valence electrons. The number of alkyl carbamates (subject to hydrolysis) is 1. The standard InChI is InChI=1S/C43H48FN5O9S/c1-42(2,3)58-41(53)46-31-13-8-6-4-5-7-11-26-23-43(26,40(52)48-59(54,55)29-19-20-29)47-38(50)33-21-28(24-49(33)39(31)51)56-35-22-32(25-15-17-27(44)18-16-25)45-36-30-12-9-10-14-34(30)57-37(35)36/h7,9-12,14-18,22,26,28-29,31,33H,4-6,8,13,19-21,23-24H2,1-3H3,(H,46,53)(H,47,50)(H,48,52)/b11-7-/t26-,28+,31-,33-,43+/m0/s1. The monoisotopic (exact) mass is 829 g/mol. The zero-order valence-corrected chi connectivity index (χ0v) is 34.0. The first kappa shape index (κ1) is 40.3. The fraction of sp³-hybridized carbons (Fsp3) is 0.465. The van der Waals surface area contributed by atoms with E-state index in [2.05, 4.69) is 15.4 Å². The quantitative estimate of drug-likeness (QED) is 0.186. The first-order chi connectivity index (χ1) is 28.1. The van der Waals surface area contributed by atoms with Crippen molar-refractivity contribution in [3.05, 3.63) is 72.6 Å². The number of pyridine rings is 1. The van der Waals surface area contributed by atoms with Crippen LogP contribution in [0.2, 0.25) is 0 Å². The van der Waals surface area contributed by atoms with E-state index in [4.69, 9.17) is 18.9 Å². The highest BCUT2D eigenvalue weighted by Gasteiger charge is 2.62. The number of fused-ring (bicyclic) bond motifs is 5. The molecule has 8 rings (SSSR count). The maximum absolute atomic E-state index is 14.7. The number of carbonyl (C=O) groups excluding carboxylic acids is 4. The Morgan fingerprint density at radius 2 is 1.80 bits per heavy atom. The first-order valence-corrected chi connectivity index (χ1v) is 21.7. The molecule has 4 heterocycles. The predicted octanol–water partition coefficient (Wildman–Crippen LogP) is 6.03. The lowest BCUT2D eigenvalue weighted by Crippen LogP contribution is -2.58. The molecule has 2 aromatic heterocycles. The van der Waals surface area contributed by atoms with Crippen LogP contribution in [0.5, 0.6) is 5.75 Å². The summed E-state index contributed by atoms with van der Waals surface area (Å²) in [5, 5.41) is 5.69. The highest BCUT2D eigenvalue weighted by molar-refractivity contribution is 7.91. The summed E-state index contributed by atoms with van der Waals surface area (Å²) in [6.07, 6.45) is 6.29. The highest BCUT2D eigenvalue weighted by Crippen LogP contribution is 2.46. The van der Waals surface area contributed by atoms with Gasteiger partial charge >= 0.3 is 6.09 Å². The molecule has 4 aliphatic rings. The normalized spacial score (nSPS) is 25.9. The minimum atomic E-state index is -3.93. The SMILES string of the molecule is CC(C)(C)OC(=O)N[C@H]1CCCCC/C=C\[C@H]2C[C@@]2(C(=O)NS(=O)(=O)C2CC2)NC(=O)[C@@H]2C[C@@H](Oc3cc(-c4ccc(F)cc4)nc4c3oc3ccccc34)CN2C1=O. The zero-order chi connectivity index (χ0) is 41.7. The van der Waals surface area contributed by atoms with Crippen molar-refractivity contribution in [1.29, 1.82) is 0 Å². The number of amides is 4. The van der Waals surface area contributed by atoms with Gasteiger partial charge < -0.3 is 29.4 Å². The van der Waals surface area contributed by atoms with E-state index in [1.54, 1.807) is 45.0 Å². The summed E-state index contributed by atoms with van der Waals surface area (Å²) in [6.45, 7) is 5.06. The summed E-state index contributed by atoms with van der Waals surface area (Å²) in [7, 11) is -3.93. The van der Waals surface area contributed by atoms with Crippen LogP contribution in [0.4, 0.5) is 9.18 Å². The van der Waals surface area contributed by atoms with E-state index >= 15 is 0 Å². The van der Waals surface area contributed by atoms with Gasteiger partial charge in [-0.1, -0.05) is 37.1 Å². The van der Waals surface area contributed by atoms with E-state index in [-0.39, 0.29) is 31.6 Å². The van der Waals surface area contributed by atoms with Crippen LogP contribution in [-0.4, -0.2) is 83.2 Å². The van der Waals surface area contributed by atoms with Crippen molar-refractivity contribution in [3.63, 3.8) is 0 Å². The molecule has 3 N–H and O–H groups in total. The fourth-order valence-electron chi connectivity index (χ4n) is 7.99. The van der Waals surface area contributed by atoms with Crippen LogP contribution < -0.4 is 20.1 Å². The molecular formula is C43H48FN5O9S. The number of rotatable bonds is 7. The van der Waals surface area contributed by atoms with Crippen LogP contribution in [0, 0.1) is 11.7 Å². The third-order valence-electron chi connectivity index (χ3n) is 11.3. The number of benzene rings is 2. The van der Waals surface area contributed by atoms with Crippen LogP contribution in [0.25, 0.3) is 33.3 Å². The average molecular weight is 830 g/mol. The lowest BCUT2D eigenvalue weighted by atomic mass is 10.0. The van der Waals surface area contributed by atoms with Crippen molar-refractivity contribution in [1.82, 2.24) is 25.2 Å². The summed E-state index contributed by atoms with van der Waals surface area (Å²) in [5.41, 5.74) is 0.104. The van der Waals surface area contributed by atoms with Crippen LogP contribution in [0.15, 0.2) is 71.2 Å². The van der Waals surface area contributed by atoms with Gasteiger partial charge in [-0.3, -0.25) is 19.1 Å². The fourth-order valence-corrected chi connectivity index (χ4v) is 9.35. The first-order valence-electron chi connectivity index (χ1n) is 20.2. The number of para-hydroxylation sites is 1. The molecule has 2 aliphatic heterocycles. The number of allylic oxidation sites excluding steroid dienone is 1. The second-order valence-electron chi connectivity index (χ2n) is 17.0. The Bertz CT molecular complexity index is 2440. The maximum atomic E-state index is 14.7. The van der Waals surface area contributed by atoms with Crippen molar-refractivity contribution >= 4 is 55.9 Å². The van der Waals surface area contributed by atoms with Gasteiger partial charge in [-0.15, -0.1) is 0 Å². The molecule has 2 aliphatic carbocycles. The van der Waals surface area contributed by atoms with E-state index in [0.717, 1.165) is 18.2 Å². The number of nitrogens with zero attached hydrogens (tertiary/aromatic N) is 2. The number of ether oxygens (including phenoxy) is 2. The summed E-state index contributed by atoms with van der Waals surface area (Å²) in [6, 6.07) is 12.6. The van der Waals surface area contributed by atoms with Gasteiger partial charge in [-0.2, -0.15) is 0 Å². The van der Waals surface area contributed by atoms with Gasteiger partial charge in [0.2, 0.25) is 21.8 Å². The Balaban J connectivity index is 1.15. The van der Waals surface area contributed by atoms with E-state index < -0.39 is 80.2 Å². The summed E-state index contributed by atoms with van der Waals surface area (Å²) < 4.78 is 60.4. The molecule has 0 bridgehead atoms. The lowest BCUT2D eigenvalue weighted by Gasteiger charge is -2.30. The van der Waals surface area contributed by atoms with E-state index in [1.807, 2.05) is 30.4 Å². The van der Waals surface area contributed by atoms with Gasteiger partial charge in [0, 0.05) is 29.4 Å². The predicted molar refractivity (Wildman–Crippen MR) is 216 cm³/mol. The molecule has 14 nitrogen and oxygen atoms in total. The van der Waals surface area contributed by atoms with E-state index in [9.17, 15) is 32.0 Å². The molecule has 1 saturated heterocycles. The summed E-state index contributed by atoms with van der Waals surface area (Å²) in [5.74, 6) is -2.61. The van der Waals surface area contributed by atoms with Crippen molar-refractivity contribution in [2.24, 2.45) is 5.92 Å². The van der Waals surface area contributed by atoms with Crippen molar-refractivity contribution < 1.29 is 45.9 Å². The molecule has 5 atom stereocenters. The van der Waals surface area contributed by atoms with Crippen molar-refractivity contribution in [2.75, 3.05) is 6.54 Å². The summed E-state index contributed by atoms with van der Waals surface area (Å²) >= 11 is 0. The minimum Gasteiger partial charge on any atom is -0.484 e. The molecule has 3 fully saturated rings. The Kier molecular flexibility index (Phi) is 10.6. The third-order valence-corrected chi connectivity index (χ3v) is 13.1. The average Bonchev–Trinajstić information content (AvgIpc) is 4.08. The summed E-state index contributed by atoms with van der Waals surface area (Å²) in [4.78, 5) is 62.4. The maximum Gasteiger partial charge on any atom is 0.408 e. The molecular weight excluding hydrogens is 782 g/mol. The molecule has 16 heteroatoms. The molecule has 2 saturated carbocycles.